The lowest BCUT2D eigenvalue weighted by Gasteiger charge is -2.18. The number of pyridine rings is 1. The van der Waals surface area contributed by atoms with Crippen LogP contribution in [0.15, 0.2) is 66.9 Å². The highest BCUT2D eigenvalue weighted by Gasteiger charge is 2.66. The van der Waals surface area contributed by atoms with Crippen molar-refractivity contribution in [2.45, 2.75) is 13.8 Å². The van der Waals surface area contributed by atoms with Gasteiger partial charge in [0.2, 0.25) is 11.8 Å². The average molecular weight is 562 g/mol. The molecule has 10 heteroatoms. The molecule has 0 aliphatic heterocycles. The van der Waals surface area contributed by atoms with Gasteiger partial charge in [0.25, 0.3) is 0 Å². The number of anilines is 2. The highest BCUT2D eigenvalue weighted by molar-refractivity contribution is 6.05. The molecule has 4 aromatic rings. The molecule has 1 aliphatic carbocycles. The second-order valence-corrected chi connectivity index (χ2v) is 10.4. The summed E-state index contributed by atoms with van der Waals surface area (Å²) in [4.78, 5) is 32.1. The number of nitrogens with one attached hydrogen (secondary N) is 1. The maximum atomic E-state index is 15.1. The lowest BCUT2D eigenvalue weighted by atomic mass is 10.1. The zero-order valence-electron chi connectivity index (χ0n) is 23.2. The van der Waals surface area contributed by atoms with Crippen LogP contribution in [0, 0.1) is 28.9 Å². The molecule has 1 N–H and O–H groups in total. The zero-order valence-corrected chi connectivity index (χ0v) is 23.2. The molecule has 0 unspecified atom stereocenters. The van der Waals surface area contributed by atoms with Gasteiger partial charge in [0.05, 0.1) is 31.6 Å². The number of carbonyl (C=O) groups is 2. The first-order valence-electron chi connectivity index (χ1n) is 12.9. The maximum Gasteiger partial charge on any atom is 0.231 e. The van der Waals surface area contributed by atoms with Crippen LogP contribution >= 0.6 is 0 Å². The van der Waals surface area contributed by atoms with Crippen LogP contribution < -0.4 is 24.4 Å². The number of carbonyl (C=O) groups excluding carboxylic acids is 2. The molecule has 3 aromatic carbocycles. The number of ether oxygens (including phenoxy) is 3. The van der Waals surface area contributed by atoms with Gasteiger partial charge in [-0.05, 0) is 53.9 Å². The van der Waals surface area contributed by atoms with E-state index in [0.29, 0.717) is 33.8 Å². The molecule has 1 saturated carbocycles. The molecule has 1 heterocycles. The van der Waals surface area contributed by atoms with Crippen molar-refractivity contribution < 1.29 is 32.6 Å². The fourth-order valence-electron chi connectivity index (χ4n) is 5.12. The molecule has 0 radical (unpaired) electrons. The van der Waals surface area contributed by atoms with Gasteiger partial charge in [0.1, 0.15) is 11.6 Å². The van der Waals surface area contributed by atoms with Gasteiger partial charge in [0.15, 0.2) is 23.1 Å². The average Bonchev–Trinajstić information content (AvgIpc) is 3.55. The number of methoxy groups -OCH3 is 2. The summed E-state index contributed by atoms with van der Waals surface area (Å²) in [6, 6.07) is 14.7. The summed E-state index contributed by atoms with van der Waals surface area (Å²) >= 11 is 0. The van der Waals surface area contributed by atoms with E-state index in [1.54, 1.807) is 31.4 Å². The summed E-state index contributed by atoms with van der Waals surface area (Å²) < 4.78 is 45.0. The third-order valence-electron chi connectivity index (χ3n) is 7.55. The van der Waals surface area contributed by atoms with Gasteiger partial charge in [-0.15, -0.1) is 0 Å². The van der Waals surface area contributed by atoms with Crippen LogP contribution in [0.4, 0.5) is 20.2 Å². The molecule has 0 saturated heterocycles. The molecule has 2 atom stereocenters. The van der Waals surface area contributed by atoms with Gasteiger partial charge in [-0.2, -0.15) is 0 Å². The molecule has 41 heavy (non-hydrogen) atoms. The Kier molecular flexibility index (Phi) is 7.25. The van der Waals surface area contributed by atoms with Crippen LogP contribution in [0.3, 0.4) is 0 Å². The second kappa shape index (κ2) is 10.7. The number of rotatable bonds is 8. The number of hydrogen-bond acceptors (Lipinski definition) is 6. The zero-order chi connectivity index (χ0) is 29.5. The summed E-state index contributed by atoms with van der Waals surface area (Å²) in [7, 11) is 4.62. The third-order valence-corrected chi connectivity index (χ3v) is 7.55. The molecule has 5 rings (SSSR count). The number of fused-ring (bicyclic) bond motifs is 1. The summed E-state index contributed by atoms with van der Waals surface area (Å²) in [6.45, 7) is 3.67. The topological polar surface area (TPSA) is 90.0 Å². The monoisotopic (exact) mass is 561 g/mol. The normalized spacial score (nSPS) is 17.0. The Morgan fingerprint density at radius 2 is 1.56 bits per heavy atom. The van der Waals surface area contributed by atoms with Crippen molar-refractivity contribution in [3.05, 3.63) is 78.5 Å². The second-order valence-electron chi connectivity index (χ2n) is 10.4. The molecule has 8 nitrogen and oxygen atoms in total. The van der Waals surface area contributed by atoms with Crippen molar-refractivity contribution >= 4 is 34.1 Å². The standard InChI is InChI=1S/C31H29F2N3O5/c1-31(2)27(28(31)30(38)36(3)19-9-6-17(32)7-10-19)29(37)35-18-8-11-24(21(33)14-18)41-23-12-13-34-22-16-26(40-5)25(39-4)15-20(22)23/h6-16,27-28H,1-5H3,(H,35,37)/t27-,28+/m1/s1. The van der Waals surface area contributed by atoms with Gasteiger partial charge < -0.3 is 24.4 Å². The number of aromatic nitrogens is 1. The van der Waals surface area contributed by atoms with E-state index in [1.807, 2.05) is 13.8 Å². The van der Waals surface area contributed by atoms with Gasteiger partial charge >= 0.3 is 0 Å². The lowest BCUT2D eigenvalue weighted by molar-refractivity contribution is -0.123. The van der Waals surface area contributed by atoms with Crippen LogP contribution in [-0.4, -0.2) is 38.1 Å². The number of benzene rings is 3. The van der Waals surface area contributed by atoms with Crippen LogP contribution in [-0.2, 0) is 9.59 Å². The number of nitrogens with zero attached hydrogens (tertiary/aromatic N) is 2. The molecular weight excluding hydrogens is 532 g/mol. The Balaban J connectivity index is 1.30. The highest BCUT2D eigenvalue weighted by Crippen LogP contribution is 2.59. The van der Waals surface area contributed by atoms with Crippen LogP contribution in [0.2, 0.25) is 0 Å². The molecule has 1 aromatic heterocycles. The molecular formula is C31H29F2N3O5. The first-order chi connectivity index (χ1) is 19.5. The Labute approximate surface area is 235 Å². The third kappa shape index (κ3) is 5.25. The molecule has 212 valence electrons. The number of hydrogen-bond donors (Lipinski definition) is 1. The maximum absolute atomic E-state index is 15.1. The van der Waals surface area contributed by atoms with Gasteiger partial charge in [0, 0.05) is 42.1 Å². The molecule has 2 amide bonds. The van der Waals surface area contributed by atoms with E-state index >= 15 is 4.39 Å². The first-order valence-corrected chi connectivity index (χ1v) is 12.9. The van der Waals surface area contributed by atoms with Crippen molar-refractivity contribution in [3.63, 3.8) is 0 Å². The van der Waals surface area contributed by atoms with Gasteiger partial charge in [-0.3, -0.25) is 14.6 Å². The molecule has 0 spiro atoms. The van der Waals surface area contributed by atoms with E-state index in [2.05, 4.69) is 10.3 Å². The van der Waals surface area contributed by atoms with Crippen LogP contribution in [0.5, 0.6) is 23.0 Å². The summed E-state index contributed by atoms with van der Waals surface area (Å²) in [5.74, 6) is -1.66. The fourth-order valence-corrected chi connectivity index (χ4v) is 5.12. The predicted octanol–water partition coefficient (Wildman–Crippen LogP) is 6.20. The number of amides is 2. The van der Waals surface area contributed by atoms with Crippen molar-refractivity contribution in [3.8, 4) is 23.0 Å². The van der Waals surface area contributed by atoms with Crippen LogP contribution in [0.25, 0.3) is 10.9 Å². The van der Waals surface area contributed by atoms with Crippen molar-refractivity contribution in [2.75, 3.05) is 31.5 Å². The Bertz CT molecular complexity index is 1640. The first kappa shape index (κ1) is 27.8. The highest BCUT2D eigenvalue weighted by atomic mass is 19.1. The quantitative estimate of drug-likeness (QED) is 0.276. The van der Waals surface area contributed by atoms with Gasteiger partial charge in [-0.25, -0.2) is 8.78 Å². The number of halogens is 2. The van der Waals surface area contributed by atoms with Crippen LogP contribution in [0.1, 0.15) is 13.8 Å². The van der Waals surface area contributed by atoms with E-state index in [9.17, 15) is 14.0 Å². The van der Waals surface area contributed by atoms with E-state index in [0.717, 1.165) is 6.07 Å². The molecule has 1 aliphatic rings. The van der Waals surface area contributed by atoms with Gasteiger partial charge in [-0.1, -0.05) is 13.8 Å². The predicted molar refractivity (Wildman–Crippen MR) is 151 cm³/mol. The smallest absolute Gasteiger partial charge is 0.231 e. The van der Waals surface area contributed by atoms with Crippen molar-refractivity contribution in [2.24, 2.45) is 17.3 Å². The van der Waals surface area contributed by atoms with E-state index in [-0.39, 0.29) is 17.3 Å². The van der Waals surface area contributed by atoms with E-state index in [4.69, 9.17) is 14.2 Å². The molecule has 0 bridgehead atoms. The van der Waals surface area contributed by atoms with Crippen molar-refractivity contribution in [1.29, 1.82) is 0 Å². The Morgan fingerprint density at radius 3 is 2.22 bits per heavy atom. The minimum absolute atomic E-state index is 0.0500. The Hall–Kier alpha value is -4.73. The lowest BCUT2D eigenvalue weighted by Crippen LogP contribution is -2.30. The summed E-state index contributed by atoms with van der Waals surface area (Å²) in [6.07, 6.45) is 1.54. The minimum atomic E-state index is -0.688. The fraction of sp³-hybridized carbons (Fsp3) is 0.258. The van der Waals surface area contributed by atoms with Crippen molar-refractivity contribution in [1.82, 2.24) is 4.98 Å². The van der Waals surface area contributed by atoms with E-state index in [1.165, 1.54) is 55.5 Å². The largest absolute Gasteiger partial charge is 0.493 e. The van der Waals surface area contributed by atoms with E-state index < -0.39 is 34.8 Å². The summed E-state index contributed by atoms with van der Waals surface area (Å²) in [5, 5.41) is 3.32. The summed E-state index contributed by atoms with van der Waals surface area (Å²) in [5.41, 5.74) is 0.719. The SMILES string of the molecule is COc1cc2nccc(Oc3ccc(NC(=O)[C@H]4[C@@H](C(=O)N(C)c5ccc(F)cc5)C4(C)C)cc3F)c2cc1OC. The minimum Gasteiger partial charge on any atom is -0.493 e. The Morgan fingerprint density at radius 1 is 0.878 bits per heavy atom. The molecule has 1 fully saturated rings.